The second-order valence-corrected chi connectivity index (χ2v) is 5.49. The van der Waals surface area contributed by atoms with Crippen LogP contribution in [0, 0.1) is 12.7 Å². The van der Waals surface area contributed by atoms with Gasteiger partial charge in [0.1, 0.15) is 11.6 Å². The van der Waals surface area contributed by atoms with Crippen molar-refractivity contribution >= 4 is 0 Å². The maximum absolute atomic E-state index is 13.7. The van der Waals surface area contributed by atoms with Gasteiger partial charge >= 0.3 is 0 Å². The fraction of sp³-hybridized carbons (Fsp3) is 0.294. The summed E-state index contributed by atoms with van der Waals surface area (Å²) in [6.45, 7) is 2.53. The van der Waals surface area contributed by atoms with Gasteiger partial charge < -0.3 is 4.74 Å². The highest BCUT2D eigenvalue weighted by Gasteiger charge is 2.29. The van der Waals surface area contributed by atoms with Gasteiger partial charge in [0.05, 0.1) is 12.6 Å². The van der Waals surface area contributed by atoms with E-state index < -0.39 is 0 Å². The van der Waals surface area contributed by atoms with Crippen molar-refractivity contribution < 1.29 is 9.13 Å². The van der Waals surface area contributed by atoms with Crippen LogP contribution in [0.5, 0.6) is 5.75 Å². The number of hydrogen-bond donors (Lipinski definition) is 2. The van der Waals surface area contributed by atoms with E-state index in [-0.39, 0.29) is 17.8 Å². The van der Waals surface area contributed by atoms with Crippen LogP contribution in [-0.2, 0) is 0 Å². The largest absolute Gasteiger partial charge is 0.493 e. The average Bonchev–Trinajstić information content (AvgIpc) is 2.47. The van der Waals surface area contributed by atoms with Gasteiger partial charge in [-0.15, -0.1) is 0 Å². The lowest BCUT2D eigenvalue weighted by atomic mass is 9.83. The van der Waals surface area contributed by atoms with Crippen LogP contribution < -0.4 is 16.0 Å². The normalized spacial score (nSPS) is 18.7. The van der Waals surface area contributed by atoms with Crippen molar-refractivity contribution in [2.45, 2.75) is 25.3 Å². The standard InChI is InChI=1S/C17H19FN2O/c1-11-8-12(10-13(18)9-11)17(20-19)15-6-7-21-16-5-3-2-4-14(15)16/h2-5,8-10,15,17,20H,6-7,19H2,1H3. The lowest BCUT2D eigenvalue weighted by Crippen LogP contribution is -2.34. The van der Waals surface area contributed by atoms with E-state index >= 15 is 0 Å². The van der Waals surface area contributed by atoms with Crippen molar-refractivity contribution in [1.29, 1.82) is 0 Å². The Morgan fingerprint density at radius 2 is 2.10 bits per heavy atom. The van der Waals surface area contributed by atoms with E-state index in [1.807, 2.05) is 31.2 Å². The van der Waals surface area contributed by atoms with Gasteiger partial charge in [-0.3, -0.25) is 11.3 Å². The summed E-state index contributed by atoms with van der Waals surface area (Å²) < 4.78 is 19.4. The molecule has 4 heteroatoms. The molecule has 1 aliphatic heterocycles. The monoisotopic (exact) mass is 286 g/mol. The highest BCUT2D eigenvalue weighted by molar-refractivity contribution is 5.40. The summed E-state index contributed by atoms with van der Waals surface area (Å²) >= 11 is 0. The van der Waals surface area contributed by atoms with E-state index in [0.29, 0.717) is 6.61 Å². The minimum absolute atomic E-state index is 0.135. The Bertz CT molecular complexity index is 624. The van der Waals surface area contributed by atoms with Crippen LogP contribution in [0.4, 0.5) is 4.39 Å². The Morgan fingerprint density at radius 1 is 1.29 bits per heavy atom. The van der Waals surface area contributed by atoms with Gasteiger partial charge in [0.25, 0.3) is 0 Å². The van der Waals surface area contributed by atoms with Crippen molar-refractivity contribution in [1.82, 2.24) is 5.43 Å². The van der Waals surface area contributed by atoms with E-state index in [0.717, 1.165) is 28.9 Å². The van der Waals surface area contributed by atoms with Crippen molar-refractivity contribution in [3.05, 3.63) is 65.0 Å². The van der Waals surface area contributed by atoms with Crippen molar-refractivity contribution in [3.8, 4) is 5.75 Å². The highest BCUT2D eigenvalue weighted by Crippen LogP contribution is 2.41. The molecule has 2 aromatic carbocycles. The molecule has 110 valence electrons. The molecular weight excluding hydrogens is 267 g/mol. The Morgan fingerprint density at radius 3 is 2.86 bits per heavy atom. The van der Waals surface area contributed by atoms with Crippen molar-refractivity contribution in [2.75, 3.05) is 6.61 Å². The maximum atomic E-state index is 13.7. The molecule has 0 radical (unpaired) electrons. The number of hydrazine groups is 1. The van der Waals surface area contributed by atoms with Gasteiger partial charge in [0.2, 0.25) is 0 Å². The summed E-state index contributed by atoms with van der Waals surface area (Å²) in [6, 6.07) is 12.9. The van der Waals surface area contributed by atoms with Crippen LogP contribution in [0.2, 0.25) is 0 Å². The van der Waals surface area contributed by atoms with E-state index in [1.165, 1.54) is 6.07 Å². The molecular formula is C17H19FN2O. The minimum atomic E-state index is -0.231. The molecule has 3 N–H and O–H groups in total. The Balaban J connectivity index is 2.01. The summed E-state index contributed by atoms with van der Waals surface area (Å²) in [5, 5.41) is 0. The van der Waals surface area contributed by atoms with Gasteiger partial charge in [-0.2, -0.15) is 0 Å². The molecule has 1 aliphatic rings. The summed E-state index contributed by atoms with van der Waals surface area (Å²) in [5.41, 5.74) is 5.75. The number of benzene rings is 2. The lowest BCUT2D eigenvalue weighted by Gasteiger charge is -2.32. The fourth-order valence-corrected chi connectivity index (χ4v) is 3.10. The molecule has 0 bridgehead atoms. The third kappa shape index (κ3) is 2.77. The topological polar surface area (TPSA) is 47.3 Å². The molecule has 0 saturated heterocycles. The van der Waals surface area contributed by atoms with E-state index in [9.17, 15) is 4.39 Å². The second kappa shape index (κ2) is 5.84. The van der Waals surface area contributed by atoms with Gasteiger partial charge in [-0.1, -0.05) is 24.3 Å². The Kier molecular flexibility index (Phi) is 3.90. The molecule has 0 aliphatic carbocycles. The van der Waals surface area contributed by atoms with Gasteiger partial charge in [0.15, 0.2) is 0 Å². The molecule has 0 fully saturated rings. The molecule has 2 aromatic rings. The number of para-hydroxylation sites is 1. The smallest absolute Gasteiger partial charge is 0.123 e. The zero-order chi connectivity index (χ0) is 14.8. The third-order valence-corrected chi connectivity index (χ3v) is 4.01. The van der Waals surface area contributed by atoms with Crippen LogP contribution >= 0.6 is 0 Å². The quantitative estimate of drug-likeness (QED) is 0.673. The van der Waals surface area contributed by atoms with Crippen LogP contribution in [0.25, 0.3) is 0 Å². The van der Waals surface area contributed by atoms with E-state index in [4.69, 9.17) is 10.6 Å². The summed E-state index contributed by atoms with van der Waals surface area (Å²) in [4.78, 5) is 0. The molecule has 21 heavy (non-hydrogen) atoms. The number of rotatable bonds is 3. The van der Waals surface area contributed by atoms with Crippen LogP contribution in [-0.4, -0.2) is 6.61 Å². The number of aryl methyl sites for hydroxylation is 1. The minimum Gasteiger partial charge on any atom is -0.493 e. The Labute approximate surface area is 123 Å². The lowest BCUT2D eigenvalue weighted by molar-refractivity contribution is 0.246. The number of fused-ring (bicyclic) bond motifs is 1. The number of ether oxygens (including phenoxy) is 1. The van der Waals surface area contributed by atoms with Crippen LogP contribution in [0.1, 0.15) is 35.1 Å². The predicted molar refractivity (Wildman–Crippen MR) is 80.5 cm³/mol. The summed E-state index contributed by atoms with van der Waals surface area (Å²) in [5.74, 6) is 6.61. The first-order valence-corrected chi connectivity index (χ1v) is 7.14. The number of hydrogen-bond acceptors (Lipinski definition) is 3. The maximum Gasteiger partial charge on any atom is 0.123 e. The van der Waals surface area contributed by atoms with Gasteiger partial charge in [-0.25, -0.2) is 4.39 Å². The Hall–Kier alpha value is -1.91. The molecule has 0 spiro atoms. The molecule has 2 unspecified atom stereocenters. The van der Waals surface area contributed by atoms with Gasteiger partial charge in [0, 0.05) is 5.92 Å². The van der Waals surface area contributed by atoms with Gasteiger partial charge in [-0.05, 0) is 48.2 Å². The molecule has 0 aromatic heterocycles. The molecule has 0 amide bonds. The highest BCUT2D eigenvalue weighted by atomic mass is 19.1. The average molecular weight is 286 g/mol. The second-order valence-electron chi connectivity index (χ2n) is 5.49. The summed E-state index contributed by atoms with van der Waals surface area (Å²) in [6.07, 6.45) is 0.849. The number of halogens is 1. The molecule has 3 nitrogen and oxygen atoms in total. The van der Waals surface area contributed by atoms with Crippen molar-refractivity contribution in [2.24, 2.45) is 5.84 Å². The third-order valence-electron chi connectivity index (χ3n) is 4.01. The van der Waals surface area contributed by atoms with Crippen LogP contribution in [0.15, 0.2) is 42.5 Å². The van der Waals surface area contributed by atoms with E-state index in [1.54, 1.807) is 6.07 Å². The SMILES string of the molecule is Cc1cc(F)cc(C(NN)C2CCOc3ccccc32)c1. The van der Waals surface area contributed by atoms with Crippen molar-refractivity contribution in [3.63, 3.8) is 0 Å². The number of nitrogens with one attached hydrogen (secondary N) is 1. The first kappa shape index (κ1) is 14.0. The molecule has 2 atom stereocenters. The first-order chi connectivity index (χ1) is 10.2. The predicted octanol–water partition coefficient (Wildman–Crippen LogP) is 3.20. The van der Waals surface area contributed by atoms with E-state index in [2.05, 4.69) is 11.5 Å². The molecule has 0 saturated carbocycles. The first-order valence-electron chi connectivity index (χ1n) is 7.14. The fourth-order valence-electron chi connectivity index (χ4n) is 3.10. The molecule has 1 heterocycles. The zero-order valence-corrected chi connectivity index (χ0v) is 12.0. The molecule has 3 rings (SSSR count). The number of nitrogens with two attached hydrogens (primary N) is 1. The zero-order valence-electron chi connectivity index (χ0n) is 12.0. The van der Waals surface area contributed by atoms with Crippen LogP contribution in [0.3, 0.4) is 0 Å². The summed E-state index contributed by atoms with van der Waals surface area (Å²) in [7, 11) is 0.